The first kappa shape index (κ1) is 13.8. The zero-order valence-corrected chi connectivity index (χ0v) is 11.6. The zero-order chi connectivity index (χ0) is 13.8. The number of Topliss-reactive ketones (excluding diaryl/α,β-unsaturated/α-hetero) is 2. The molecule has 19 heavy (non-hydrogen) atoms. The van der Waals surface area contributed by atoms with E-state index in [1.165, 1.54) is 0 Å². The van der Waals surface area contributed by atoms with E-state index in [0.717, 1.165) is 18.5 Å². The van der Waals surface area contributed by atoms with E-state index < -0.39 is 0 Å². The van der Waals surface area contributed by atoms with Crippen molar-refractivity contribution in [2.24, 2.45) is 0 Å². The van der Waals surface area contributed by atoms with Crippen molar-refractivity contribution in [1.29, 1.82) is 0 Å². The van der Waals surface area contributed by atoms with E-state index in [4.69, 9.17) is 0 Å². The lowest BCUT2D eigenvalue weighted by atomic mass is 10.1. The van der Waals surface area contributed by atoms with Gasteiger partial charge in [-0.15, -0.1) is 0 Å². The van der Waals surface area contributed by atoms with E-state index in [2.05, 4.69) is 17.0 Å². The molecule has 3 nitrogen and oxygen atoms in total. The van der Waals surface area contributed by atoms with E-state index in [1.54, 1.807) is 13.8 Å². The third-order valence-corrected chi connectivity index (χ3v) is 3.72. The van der Waals surface area contributed by atoms with Gasteiger partial charge < -0.3 is 4.90 Å². The standard InChI is InChI=1S/C16H21NO2/c1-12(18)10-15-8-9-16(11-13(2)19)17(15)14-6-4-3-5-7-14/h3-7,15-16H,8-11H2,1-2H3/t15-,16+. The SMILES string of the molecule is CC(=O)C[C@H]1CC[C@@H](CC(C)=O)N1c1ccccc1. The average molecular weight is 259 g/mol. The van der Waals surface area contributed by atoms with Gasteiger partial charge >= 0.3 is 0 Å². The van der Waals surface area contributed by atoms with Crippen molar-refractivity contribution in [3.63, 3.8) is 0 Å². The minimum Gasteiger partial charge on any atom is -0.365 e. The van der Waals surface area contributed by atoms with Crippen molar-refractivity contribution >= 4 is 17.3 Å². The lowest BCUT2D eigenvalue weighted by molar-refractivity contribution is -0.117. The summed E-state index contributed by atoms with van der Waals surface area (Å²) in [5.74, 6) is 0.434. The second-order valence-electron chi connectivity index (χ2n) is 5.44. The molecule has 1 saturated heterocycles. The van der Waals surface area contributed by atoms with E-state index in [9.17, 15) is 9.59 Å². The summed E-state index contributed by atoms with van der Waals surface area (Å²) in [5, 5.41) is 0. The normalized spacial score (nSPS) is 22.5. The fraction of sp³-hybridized carbons (Fsp3) is 0.500. The molecule has 0 N–H and O–H groups in total. The predicted octanol–water partition coefficient (Wildman–Crippen LogP) is 2.98. The maximum absolute atomic E-state index is 11.4. The molecule has 1 heterocycles. The average Bonchev–Trinajstić information content (AvgIpc) is 2.71. The Hall–Kier alpha value is -1.64. The molecule has 1 aromatic rings. The van der Waals surface area contributed by atoms with Crippen LogP contribution in [-0.2, 0) is 9.59 Å². The van der Waals surface area contributed by atoms with Crippen molar-refractivity contribution in [3.8, 4) is 0 Å². The molecule has 0 radical (unpaired) electrons. The number of carbonyl (C=O) groups excluding carboxylic acids is 2. The number of ketones is 2. The summed E-state index contributed by atoms with van der Waals surface area (Å²) < 4.78 is 0. The fourth-order valence-electron chi connectivity index (χ4n) is 3.05. The van der Waals surface area contributed by atoms with Gasteiger partial charge in [-0.1, -0.05) is 18.2 Å². The molecule has 102 valence electrons. The minimum atomic E-state index is 0.217. The number of para-hydroxylation sites is 1. The van der Waals surface area contributed by atoms with Gasteiger partial charge in [0.05, 0.1) is 0 Å². The Morgan fingerprint density at radius 2 is 1.47 bits per heavy atom. The van der Waals surface area contributed by atoms with E-state index >= 15 is 0 Å². The molecule has 1 fully saturated rings. The van der Waals surface area contributed by atoms with Crippen molar-refractivity contribution in [2.45, 2.75) is 51.6 Å². The molecular weight excluding hydrogens is 238 g/mol. The van der Waals surface area contributed by atoms with Crippen molar-refractivity contribution in [3.05, 3.63) is 30.3 Å². The Labute approximate surface area is 114 Å². The third kappa shape index (κ3) is 3.43. The molecule has 1 aliphatic rings. The van der Waals surface area contributed by atoms with Gasteiger partial charge in [-0.05, 0) is 38.8 Å². The second-order valence-corrected chi connectivity index (χ2v) is 5.44. The van der Waals surface area contributed by atoms with Crippen LogP contribution in [0.1, 0.15) is 39.5 Å². The summed E-state index contributed by atoms with van der Waals surface area (Å²) >= 11 is 0. The van der Waals surface area contributed by atoms with Crippen molar-refractivity contribution < 1.29 is 9.59 Å². The summed E-state index contributed by atoms with van der Waals surface area (Å²) in [6.45, 7) is 3.28. The fourth-order valence-corrected chi connectivity index (χ4v) is 3.05. The predicted molar refractivity (Wildman–Crippen MR) is 76.3 cm³/mol. The summed E-state index contributed by atoms with van der Waals surface area (Å²) in [7, 11) is 0. The van der Waals surface area contributed by atoms with Gasteiger partial charge in [0.15, 0.2) is 0 Å². The van der Waals surface area contributed by atoms with Gasteiger partial charge in [0.25, 0.3) is 0 Å². The number of benzene rings is 1. The lowest BCUT2D eigenvalue weighted by Gasteiger charge is -2.32. The highest BCUT2D eigenvalue weighted by atomic mass is 16.1. The molecule has 0 aliphatic carbocycles. The summed E-state index contributed by atoms with van der Waals surface area (Å²) in [4.78, 5) is 25.1. The van der Waals surface area contributed by atoms with Gasteiger partial charge in [0.2, 0.25) is 0 Å². The van der Waals surface area contributed by atoms with Crippen LogP contribution >= 0.6 is 0 Å². The Bertz CT molecular complexity index is 431. The molecule has 0 unspecified atom stereocenters. The van der Waals surface area contributed by atoms with E-state index in [0.29, 0.717) is 12.8 Å². The summed E-state index contributed by atoms with van der Waals surface area (Å²) in [5.41, 5.74) is 1.12. The Morgan fingerprint density at radius 3 is 1.89 bits per heavy atom. The first-order valence-corrected chi connectivity index (χ1v) is 6.90. The third-order valence-electron chi connectivity index (χ3n) is 3.72. The molecule has 2 rings (SSSR count). The number of rotatable bonds is 5. The van der Waals surface area contributed by atoms with Crippen LogP contribution in [0, 0.1) is 0 Å². The molecule has 3 heteroatoms. The number of nitrogens with zero attached hydrogens (tertiary/aromatic N) is 1. The maximum atomic E-state index is 11.4. The molecule has 0 spiro atoms. The van der Waals surface area contributed by atoms with Crippen LogP contribution < -0.4 is 4.90 Å². The van der Waals surface area contributed by atoms with Gasteiger partial charge in [-0.3, -0.25) is 9.59 Å². The number of hydrogen-bond acceptors (Lipinski definition) is 3. The topological polar surface area (TPSA) is 37.4 Å². The van der Waals surface area contributed by atoms with Gasteiger partial charge in [0.1, 0.15) is 11.6 Å². The van der Waals surface area contributed by atoms with Crippen LogP contribution in [0.3, 0.4) is 0 Å². The van der Waals surface area contributed by atoms with Crippen LogP contribution in [-0.4, -0.2) is 23.7 Å². The summed E-state index contributed by atoms with van der Waals surface area (Å²) in [6, 6.07) is 10.6. The van der Waals surface area contributed by atoms with Crippen LogP contribution in [0.4, 0.5) is 5.69 Å². The first-order valence-electron chi connectivity index (χ1n) is 6.90. The van der Waals surface area contributed by atoms with Crippen molar-refractivity contribution in [2.75, 3.05) is 4.90 Å². The van der Waals surface area contributed by atoms with Gasteiger partial charge in [0, 0.05) is 30.6 Å². The van der Waals surface area contributed by atoms with Crippen LogP contribution in [0.25, 0.3) is 0 Å². The minimum absolute atomic E-state index is 0.217. The highest BCUT2D eigenvalue weighted by Crippen LogP contribution is 2.33. The van der Waals surface area contributed by atoms with Crippen LogP contribution in [0.2, 0.25) is 0 Å². The van der Waals surface area contributed by atoms with E-state index in [1.807, 2.05) is 18.2 Å². The lowest BCUT2D eigenvalue weighted by Crippen LogP contribution is -2.38. The van der Waals surface area contributed by atoms with E-state index in [-0.39, 0.29) is 23.7 Å². The van der Waals surface area contributed by atoms with Crippen LogP contribution in [0.5, 0.6) is 0 Å². The Balaban J connectivity index is 2.22. The quantitative estimate of drug-likeness (QED) is 0.815. The molecule has 2 atom stereocenters. The molecule has 0 aromatic heterocycles. The monoisotopic (exact) mass is 259 g/mol. The first-order chi connectivity index (χ1) is 9.08. The summed E-state index contributed by atoms with van der Waals surface area (Å²) in [6.07, 6.45) is 3.13. The van der Waals surface area contributed by atoms with Gasteiger partial charge in [-0.25, -0.2) is 0 Å². The number of carbonyl (C=O) groups is 2. The van der Waals surface area contributed by atoms with Gasteiger partial charge in [-0.2, -0.15) is 0 Å². The molecule has 1 aliphatic heterocycles. The van der Waals surface area contributed by atoms with Crippen LogP contribution in [0.15, 0.2) is 30.3 Å². The highest BCUT2D eigenvalue weighted by molar-refractivity contribution is 5.78. The number of anilines is 1. The second kappa shape index (κ2) is 6.00. The smallest absolute Gasteiger partial charge is 0.131 e. The van der Waals surface area contributed by atoms with Crippen molar-refractivity contribution in [1.82, 2.24) is 0 Å². The largest absolute Gasteiger partial charge is 0.365 e. The molecule has 0 saturated carbocycles. The zero-order valence-electron chi connectivity index (χ0n) is 11.6. The maximum Gasteiger partial charge on any atom is 0.131 e. The molecule has 0 bridgehead atoms. The Morgan fingerprint density at radius 1 is 1.00 bits per heavy atom. The number of hydrogen-bond donors (Lipinski definition) is 0. The molecular formula is C16H21NO2. The molecule has 1 aromatic carbocycles. The highest BCUT2D eigenvalue weighted by Gasteiger charge is 2.34. The molecule has 0 amide bonds. The Kier molecular flexibility index (Phi) is 4.35.